The largest absolute Gasteiger partial charge is 0.458 e. The van der Waals surface area contributed by atoms with E-state index >= 15 is 4.39 Å². The van der Waals surface area contributed by atoms with Crippen molar-refractivity contribution < 1.29 is 37.4 Å². The minimum Gasteiger partial charge on any atom is -0.458 e. The normalized spacial score (nSPS) is 25.8. The van der Waals surface area contributed by atoms with Crippen LogP contribution < -0.4 is 14.9 Å². The van der Waals surface area contributed by atoms with Crippen LogP contribution in [0.1, 0.15) is 97.8 Å². The van der Waals surface area contributed by atoms with Gasteiger partial charge in [-0.25, -0.2) is 9.48 Å². The van der Waals surface area contributed by atoms with Gasteiger partial charge in [0.25, 0.3) is 5.91 Å². The van der Waals surface area contributed by atoms with E-state index in [1.165, 1.54) is 42.5 Å². The lowest BCUT2D eigenvalue weighted by molar-refractivity contribution is -0.147. The lowest BCUT2D eigenvalue weighted by atomic mass is 9.97. The zero-order valence-electron chi connectivity index (χ0n) is 34.5. The highest BCUT2D eigenvalue weighted by atomic mass is 32.1. The van der Waals surface area contributed by atoms with Gasteiger partial charge in [0.2, 0.25) is 17.7 Å². The number of alkyl halides is 1. The summed E-state index contributed by atoms with van der Waals surface area (Å²) in [5, 5.41) is 13.9. The van der Waals surface area contributed by atoms with Crippen molar-refractivity contribution in [3.05, 3.63) is 95.1 Å². The lowest BCUT2D eigenvalue weighted by Gasteiger charge is -2.34. The Balaban J connectivity index is 0.886. The van der Waals surface area contributed by atoms with Gasteiger partial charge in [0.05, 0.1) is 10.6 Å². The molecule has 6 heterocycles. The molecular weight excluding hydrogens is 833 g/mol. The second-order valence-electron chi connectivity index (χ2n) is 17.2. The summed E-state index contributed by atoms with van der Waals surface area (Å²) < 4.78 is 43.1. The first-order valence-electron chi connectivity index (χ1n) is 21.3. The highest BCUT2D eigenvalue weighted by Gasteiger charge is 2.58. The van der Waals surface area contributed by atoms with Gasteiger partial charge < -0.3 is 24.4 Å². The van der Waals surface area contributed by atoms with Crippen LogP contribution in [-0.2, 0) is 23.7 Å². The number of amides is 3. The predicted octanol–water partition coefficient (Wildman–Crippen LogP) is 7.32. The van der Waals surface area contributed by atoms with Gasteiger partial charge in [0.1, 0.15) is 30.5 Å². The number of likely N-dealkylation sites (tertiary alicyclic amines) is 1. The summed E-state index contributed by atoms with van der Waals surface area (Å²) in [6, 6.07) is 15.7. The first kappa shape index (κ1) is 42.0. The molecule has 2 N–H and O–H groups in total. The summed E-state index contributed by atoms with van der Waals surface area (Å²) >= 11 is 1.19. The van der Waals surface area contributed by atoms with Crippen LogP contribution in [0.5, 0.6) is 5.75 Å². The number of nitrogens with one attached hydrogen (secondary N) is 2. The van der Waals surface area contributed by atoms with E-state index in [-0.39, 0.29) is 53.2 Å². The third-order valence-corrected chi connectivity index (χ3v) is 16.2. The van der Waals surface area contributed by atoms with Crippen molar-refractivity contribution >= 4 is 64.6 Å². The number of benzene rings is 2. The van der Waals surface area contributed by atoms with Crippen molar-refractivity contribution in [3.63, 3.8) is 0 Å². The van der Waals surface area contributed by atoms with Gasteiger partial charge in [-0.05, 0) is 111 Å². The van der Waals surface area contributed by atoms with Crippen LogP contribution in [0.2, 0.25) is 0 Å². The van der Waals surface area contributed by atoms with Crippen LogP contribution >= 0.6 is 18.9 Å². The number of carbonyl (C=O) groups excluding carboxylic acids is 4. The fourth-order valence-electron chi connectivity index (χ4n) is 9.41. The monoisotopic (exact) mass is 881 g/mol. The predicted molar refractivity (Wildman–Crippen MR) is 233 cm³/mol. The number of rotatable bonds is 13. The Labute approximate surface area is 362 Å². The van der Waals surface area contributed by atoms with Crippen LogP contribution in [0.4, 0.5) is 4.39 Å². The van der Waals surface area contributed by atoms with Gasteiger partial charge in [-0.1, -0.05) is 37.3 Å². The number of carbonyl (C=O) groups is 4. The average molecular weight is 882 g/mol. The Morgan fingerprint density at radius 3 is 2.61 bits per heavy atom. The first-order chi connectivity index (χ1) is 29.9. The quantitative estimate of drug-likeness (QED) is 0.103. The maximum absolute atomic E-state index is 16.7. The smallest absolute Gasteiger partial charge is 0.355 e. The molecule has 2 unspecified atom stereocenters. The Hall–Kier alpha value is -5.31. The van der Waals surface area contributed by atoms with Crippen molar-refractivity contribution in [3.8, 4) is 5.75 Å². The molecule has 1 spiro atoms. The summed E-state index contributed by atoms with van der Waals surface area (Å²) in [5.41, 5.74) is 1.53. The number of nitrogens with zero attached hydrogens (tertiary/aromatic N) is 5. The van der Waals surface area contributed by atoms with Gasteiger partial charge >= 0.3 is 13.5 Å². The molecule has 3 amide bonds. The number of aromatic nitrogens is 1. The zero-order valence-corrected chi connectivity index (χ0v) is 36.2. The minimum atomic E-state index is -4.52. The number of para-hydroxylation sites is 1. The van der Waals surface area contributed by atoms with Crippen molar-refractivity contribution in [1.29, 1.82) is 0 Å². The van der Waals surface area contributed by atoms with Gasteiger partial charge in [0.15, 0.2) is 0 Å². The van der Waals surface area contributed by atoms with Gasteiger partial charge in [0, 0.05) is 53.3 Å². The molecule has 0 bridgehead atoms. The van der Waals surface area contributed by atoms with E-state index in [2.05, 4.69) is 31.7 Å². The molecule has 2 aromatic carbocycles. The Morgan fingerprint density at radius 2 is 1.87 bits per heavy atom. The fourth-order valence-corrected chi connectivity index (χ4v) is 12.3. The third-order valence-electron chi connectivity index (χ3n) is 12.9. The van der Waals surface area contributed by atoms with E-state index < -0.39 is 43.4 Å². The van der Waals surface area contributed by atoms with E-state index in [9.17, 15) is 23.7 Å². The third kappa shape index (κ3) is 8.32. The molecule has 2 aromatic heterocycles. The van der Waals surface area contributed by atoms with Crippen molar-refractivity contribution in [2.24, 2.45) is 16.1 Å². The number of ether oxygens (including phenoxy) is 1. The molecule has 0 radical (unpaired) electrons. The first-order valence-corrected chi connectivity index (χ1v) is 23.8. The second-order valence-corrected chi connectivity index (χ2v) is 20.3. The Morgan fingerprint density at radius 1 is 1.05 bits per heavy atom. The van der Waals surface area contributed by atoms with Gasteiger partial charge in [-0.3, -0.25) is 28.7 Å². The molecule has 324 valence electrons. The minimum absolute atomic E-state index is 0.00597. The summed E-state index contributed by atoms with van der Waals surface area (Å²) in [4.78, 5) is 64.0. The number of fused-ring (bicyclic) bond motifs is 2. The number of hydrogen-bond donors (Lipinski definition) is 2. The van der Waals surface area contributed by atoms with E-state index in [0.29, 0.717) is 40.1 Å². The molecule has 8 atom stereocenters. The average Bonchev–Trinajstić information content (AvgIpc) is 3.59. The molecule has 3 saturated heterocycles. The topological polar surface area (TPSA) is 172 Å². The molecular formula is C45H49FN7O7PS. The fraction of sp³-hybridized carbons (Fsp3) is 0.444. The number of halogens is 1. The summed E-state index contributed by atoms with van der Waals surface area (Å²) in [6.45, 7) is 3.76. The number of hydrogen-bond acceptors (Lipinski definition) is 11. The maximum Gasteiger partial charge on any atom is 0.355 e. The van der Waals surface area contributed by atoms with Crippen LogP contribution in [0, 0.1) is 5.92 Å². The molecule has 1 aliphatic carbocycles. The summed E-state index contributed by atoms with van der Waals surface area (Å²) in [6.07, 6.45) is 11.4. The SMILES string of the molecule is CC1C=NN=C1COC(=O)[C@H](C)NP(=O)(Oc1ccccc1)[C@@H](F)c1ccc2sc(C(=O)N[C@H]3CCC[C@H]4CC[C@@H](C(=O)N5C[C@@H](c6cccnc6)CC56CC6)N4C3=O)cc2c1. The Kier molecular flexibility index (Phi) is 11.6. The van der Waals surface area contributed by atoms with Crippen LogP contribution in [0.15, 0.2) is 89.3 Å². The van der Waals surface area contributed by atoms with Crippen molar-refractivity contribution in [2.45, 2.75) is 107 Å². The number of pyridine rings is 1. The van der Waals surface area contributed by atoms with E-state index in [1.807, 2.05) is 24.1 Å². The number of thiophene rings is 1. The molecule has 4 aromatic rings. The molecule has 14 nitrogen and oxygen atoms in total. The lowest BCUT2D eigenvalue weighted by Crippen LogP contribution is -2.56. The van der Waals surface area contributed by atoms with E-state index in [4.69, 9.17) is 9.26 Å². The molecule has 1 saturated carbocycles. The molecule has 4 fully saturated rings. The molecule has 5 aliphatic rings. The van der Waals surface area contributed by atoms with E-state index in [0.717, 1.165) is 44.1 Å². The van der Waals surface area contributed by atoms with Crippen molar-refractivity contribution in [2.75, 3.05) is 13.2 Å². The molecule has 17 heteroatoms. The van der Waals surface area contributed by atoms with Crippen LogP contribution in [0.3, 0.4) is 0 Å². The van der Waals surface area contributed by atoms with Gasteiger partial charge in [-0.15, -0.1) is 11.3 Å². The molecule has 62 heavy (non-hydrogen) atoms. The highest BCUT2D eigenvalue weighted by Crippen LogP contribution is 2.58. The van der Waals surface area contributed by atoms with Crippen molar-refractivity contribution in [1.82, 2.24) is 25.2 Å². The van der Waals surface area contributed by atoms with E-state index in [1.54, 1.807) is 47.6 Å². The van der Waals surface area contributed by atoms with Crippen LogP contribution in [0.25, 0.3) is 10.1 Å². The highest BCUT2D eigenvalue weighted by molar-refractivity contribution is 7.57. The molecule has 9 rings (SSSR count). The Bertz CT molecular complexity index is 2480. The second kappa shape index (κ2) is 17.1. The van der Waals surface area contributed by atoms with Crippen LogP contribution in [-0.4, -0.2) is 93.3 Å². The standard InChI is InChI=1S/C45H49FN7O7PS/c1-27-23-48-50-36(27)26-59-44(57)28(2)51-61(58,60-34-10-4-3-5-11-34)40(46)29-13-16-38-31(20-29)21-39(62-38)41(54)49-35-12-6-9-33-14-15-37(53(33)42(35)55)43(56)52-25-32(22-45(52)17-18-45)30-8-7-19-47-24-30/h3-5,7-8,10-11,13,16,19-21,23-24,27-28,32-33,35,37,40H,6,9,12,14-15,17-18,22,25-26H2,1-2H3,(H,49,54)(H,51,58)/t27?,28-,32-,33-,35-,37-,40+,61?/m0/s1. The van der Waals surface area contributed by atoms with Gasteiger partial charge in [-0.2, -0.15) is 10.2 Å². The maximum atomic E-state index is 16.7. The summed E-state index contributed by atoms with van der Waals surface area (Å²) in [5.74, 6) is -3.44. The number of esters is 1. The zero-order chi connectivity index (χ0) is 43.2. The summed E-state index contributed by atoms with van der Waals surface area (Å²) in [7, 11) is -4.52. The molecule has 4 aliphatic heterocycles.